The van der Waals surface area contributed by atoms with Gasteiger partial charge >= 0.3 is 0 Å². The molecule has 0 bridgehead atoms. The van der Waals surface area contributed by atoms with E-state index in [9.17, 15) is 0 Å². The Morgan fingerprint density at radius 3 is 2.69 bits per heavy atom. The predicted octanol–water partition coefficient (Wildman–Crippen LogP) is 2.35. The number of rotatable bonds is 3. The topological polar surface area (TPSA) is 22.1 Å². The summed E-state index contributed by atoms with van der Waals surface area (Å²) in [7, 11) is 1.77. The van der Waals surface area contributed by atoms with Crippen LogP contribution in [0.2, 0.25) is 0 Å². The van der Waals surface area contributed by atoms with E-state index in [1.165, 1.54) is 12.8 Å². The van der Waals surface area contributed by atoms with Crippen LogP contribution in [0.25, 0.3) is 0 Å². The van der Waals surface area contributed by atoms with Crippen LogP contribution < -0.4 is 0 Å². The molecule has 1 saturated carbocycles. The molecule has 13 heavy (non-hydrogen) atoms. The van der Waals surface area contributed by atoms with Crippen molar-refractivity contribution in [3.8, 4) is 0 Å². The van der Waals surface area contributed by atoms with Crippen molar-refractivity contribution in [1.29, 1.82) is 0 Å². The number of pyridine rings is 1. The summed E-state index contributed by atoms with van der Waals surface area (Å²) in [4.78, 5) is 4.36. The van der Waals surface area contributed by atoms with Gasteiger partial charge in [-0.2, -0.15) is 0 Å². The van der Waals surface area contributed by atoms with Gasteiger partial charge in [0.25, 0.3) is 0 Å². The van der Waals surface area contributed by atoms with Crippen molar-refractivity contribution in [2.24, 2.45) is 5.92 Å². The highest BCUT2D eigenvalue weighted by atomic mass is 16.5. The molecule has 0 aromatic carbocycles. The Bertz CT molecular complexity index is 281. The summed E-state index contributed by atoms with van der Waals surface area (Å²) in [6, 6.07) is 6.00. The minimum atomic E-state index is -0.165. The SMILES string of the molecule is COC(C)(c1ccccn1)C1CC1. The Balaban J connectivity index is 2.30. The molecule has 0 amide bonds. The molecule has 1 aliphatic carbocycles. The molecule has 0 saturated heterocycles. The number of nitrogens with zero attached hydrogens (tertiary/aromatic N) is 1. The average Bonchev–Trinajstić information content (AvgIpc) is 3.02. The van der Waals surface area contributed by atoms with Gasteiger partial charge < -0.3 is 4.74 Å². The van der Waals surface area contributed by atoms with Crippen molar-refractivity contribution in [3.05, 3.63) is 30.1 Å². The molecule has 0 N–H and O–H groups in total. The van der Waals surface area contributed by atoms with E-state index >= 15 is 0 Å². The molecule has 2 rings (SSSR count). The summed E-state index contributed by atoms with van der Waals surface area (Å²) in [6.07, 6.45) is 4.36. The summed E-state index contributed by atoms with van der Waals surface area (Å²) >= 11 is 0. The molecule has 1 unspecified atom stereocenters. The lowest BCUT2D eigenvalue weighted by Crippen LogP contribution is -2.28. The number of methoxy groups -OCH3 is 1. The Hall–Kier alpha value is -0.890. The molecule has 1 aromatic rings. The number of hydrogen-bond acceptors (Lipinski definition) is 2. The van der Waals surface area contributed by atoms with Gasteiger partial charge in [0.05, 0.1) is 5.69 Å². The predicted molar refractivity (Wildman–Crippen MR) is 51.3 cm³/mol. The summed E-state index contributed by atoms with van der Waals surface area (Å²) in [5, 5.41) is 0. The fourth-order valence-electron chi connectivity index (χ4n) is 1.77. The Kier molecular flexibility index (Phi) is 2.08. The highest BCUT2D eigenvalue weighted by molar-refractivity contribution is 5.16. The van der Waals surface area contributed by atoms with Crippen molar-refractivity contribution in [3.63, 3.8) is 0 Å². The zero-order valence-corrected chi connectivity index (χ0v) is 8.16. The van der Waals surface area contributed by atoms with Crippen molar-refractivity contribution in [2.75, 3.05) is 7.11 Å². The van der Waals surface area contributed by atoms with E-state index in [1.807, 2.05) is 24.4 Å². The first-order chi connectivity index (χ1) is 6.27. The van der Waals surface area contributed by atoms with Crippen LogP contribution in [0.1, 0.15) is 25.5 Å². The largest absolute Gasteiger partial charge is 0.372 e. The third kappa shape index (κ3) is 1.46. The first-order valence-electron chi connectivity index (χ1n) is 4.74. The molecule has 0 spiro atoms. The first-order valence-corrected chi connectivity index (χ1v) is 4.74. The van der Waals surface area contributed by atoms with E-state index in [4.69, 9.17) is 4.74 Å². The van der Waals surface area contributed by atoms with Crippen LogP contribution in [0.5, 0.6) is 0 Å². The second-order valence-corrected chi connectivity index (χ2v) is 3.80. The number of hydrogen-bond donors (Lipinski definition) is 0. The monoisotopic (exact) mass is 177 g/mol. The average molecular weight is 177 g/mol. The summed E-state index contributed by atoms with van der Waals surface area (Å²) in [6.45, 7) is 2.13. The van der Waals surface area contributed by atoms with Crippen LogP contribution in [-0.4, -0.2) is 12.1 Å². The van der Waals surface area contributed by atoms with Gasteiger partial charge in [0.2, 0.25) is 0 Å². The normalized spacial score (nSPS) is 21.1. The van der Waals surface area contributed by atoms with E-state index in [0.717, 1.165) is 5.69 Å². The van der Waals surface area contributed by atoms with E-state index in [0.29, 0.717) is 5.92 Å². The van der Waals surface area contributed by atoms with Crippen molar-refractivity contribution < 1.29 is 4.74 Å². The molecule has 1 aromatic heterocycles. The van der Waals surface area contributed by atoms with Crippen LogP contribution in [0.15, 0.2) is 24.4 Å². The second kappa shape index (κ2) is 3.11. The van der Waals surface area contributed by atoms with Gasteiger partial charge in [0, 0.05) is 13.3 Å². The second-order valence-electron chi connectivity index (χ2n) is 3.80. The lowest BCUT2D eigenvalue weighted by atomic mass is 9.95. The van der Waals surface area contributed by atoms with E-state index in [2.05, 4.69) is 11.9 Å². The lowest BCUT2D eigenvalue weighted by Gasteiger charge is -2.27. The molecule has 0 radical (unpaired) electrons. The Labute approximate surface area is 78.9 Å². The molecule has 1 aliphatic rings. The van der Waals surface area contributed by atoms with Gasteiger partial charge in [-0.25, -0.2) is 0 Å². The van der Waals surface area contributed by atoms with Crippen molar-refractivity contribution in [1.82, 2.24) is 4.98 Å². The maximum atomic E-state index is 5.59. The number of ether oxygens (including phenoxy) is 1. The Morgan fingerprint density at radius 2 is 2.23 bits per heavy atom. The first kappa shape index (κ1) is 8.70. The standard InChI is InChI=1S/C11H15NO/c1-11(13-2,9-6-7-9)10-5-3-4-8-12-10/h3-5,8-9H,6-7H2,1-2H3. The highest BCUT2D eigenvalue weighted by Gasteiger charge is 2.43. The molecular weight excluding hydrogens is 162 g/mol. The fourth-order valence-corrected chi connectivity index (χ4v) is 1.77. The fraction of sp³-hybridized carbons (Fsp3) is 0.545. The minimum Gasteiger partial charge on any atom is -0.372 e. The smallest absolute Gasteiger partial charge is 0.110 e. The van der Waals surface area contributed by atoms with Crippen molar-refractivity contribution >= 4 is 0 Å². The Morgan fingerprint density at radius 1 is 1.46 bits per heavy atom. The van der Waals surface area contributed by atoms with Crippen LogP contribution in [-0.2, 0) is 10.3 Å². The van der Waals surface area contributed by atoms with Gasteiger partial charge in [-0.3, -0.25) is 4.98 Å². The van der Waals surface area contributed by atoms with E-state index in [-0.39, 0.29) is 5.60 Å². The summed E-state index contributed by atoms with van der Waals surface area (Å²) in [5.41, 5.74) is 0.890. The van der Waals surface area contributed by atoms with Gasteiger partial charge in [0.1, 0.15) is 5.60 Å². The summed E-state index contributed by atoms with van der Waals surface area (Å²) < 4.78 is 5.59. The highest BCUT2D eigenvalue weighted by Crippen LogP contribution is 2.46. The molecule has 1 fully saturated rings. The van der Waals surface area contributed by atoms with Gasteiger partial charge in [-0.15, -0.1) is 0 Å². The van der Waals surface area contributed by atoms with E-state index in [1.54, 1.807) is 7.11 Å². The van der Waals surface area contributed by atoms with Gasteiger partial charge in [-0.05, 0) is 37.8 Å². The quantitative estimate of drug-likeness (QED) is 0.707. The van der Waals surface area contributed by atoms with Crippen LogP contribution in [0.4, 0.5) is 0 Å². The molecule has 70 valence electrons. The third-order valence-electron chi connectivity index (χ3n) is 2.95. The van der Waals surface area contributed by atoms with Crippen LogP contribution in [0.3, 0.4) is 0 Å². The zero-order valence-electron chi connectivity index (χ0n) is 8.16. The van der Waals surface area contributed by atoms with E-state index < -0.39 is 0 Å². The summed E-state index contributed by atoms with van der Waals surface area (Å²) in [5.74, 6) is 0.660. The van der Waals surface area contributed by atoms with Crippen molar-refractivity contribution in [2.45, 2.75) is 25.4 Å². The molecule has 1 heterocycles. The maximum Gasteiger partial charge on any atom is 0.110 e. The van der Waals surface area contributed by atoms with Crippen LogP contribution >= 0.6 is 0 Å². The maximum absolute atomic E-state index is 5.59. The molecule has 2 heteroatoms. The minimum absolute atomic E-state index is 0.165. The molecule has 2 nitrogen and oxygen atoms in total. The zero-order chi connectivity index (χ0) is 9.31. The van der Waals surface area contributed by atoms with Gasteiger partial charge in [-0.1, -0.05) is 6.07 Å². The molecule has 0 aliphatic heterocycles. The van der Waals surface area contributed by atoms with Gasteiger partial charge in [0.15, 0.2) is 0 Å². The van der Waals surface area contributed by atoms with Crippen LogP contribution in [0, 0.1) is 5.92 Å². The third-order valence-corrected chi connectivity index (χ3v) is 2.95. The number of aromatic nitrogens is 1. The lowest BCUT2D eigenvalue weighted by molar-refractivity contribution is -0.0215. The molecule has 1 atom stereocenters. The molecular formula is C11H15NO.